The Labute approximate surface area is 157 Å². The van der Waals surface area contributed by atoms with Crippen LogP contribution >= 0.6 is 0 Å². The van der Waals surface area contributed by atoms with Crippen molar-refractivity contribution in [1.29, 1.82) is 0 Å². The van der Waals surface area contributed by atoms with E-state index in [2.05, 4.69) is 20.0 Å². The molecule has 7 heteroatoms. The summed E-state index contributed by atoms with van der Waals surface area (Å²) < 4.78 is 25.2. The Morgan fingerprint density at radius 1 is 0.889 bits per heavy atom. The molecule has 0 amide bonds. The summed E-state index contributed by atoms with van der Waals surface area (Å²) in [7, 11) is 0. The van der Waals surface area contributed by atoms with E-state index in [0.717, 1.165) is 31.9 Å². The van der Waals surface area contributed by atoms with Crippen LogP contribution in [0.25, 0.3) is 0 Å². The van der Waals surface area contributed by atoms with Crippen LogP contribution in [0, 0.1) is 5.82 Å². The number of rotatable bonds is 6. The summed E-state index contributed by atoms with van der Waals surface area (Å²) in [5.74, 6) is 1.62. The molecule has 4 rings (SSSR count). The zero-order valence-electron chi connectivity index (χ0n) is 14.9. The lowest BCUT2D eigenvalue weighted by Gasteiger charge is -2.35. The van der Waals surface area contributed by atoms with Gasteiger partial charge in [0.25, 0.3) is 5.89 Å². The molecule has 0 spiro atoms. The standard InChI is InChI=1S/C20H21FN4O2/c21-17-8-4-5-9-18(17)25-12-10-24(11-13-25)14-19-22-23-20(27-19)15-26-16-6-2-1-3-7-16/h1-9H,10-15H2. The average molecular weight is 368 g/mol. The summed E-state index contributed by atoms with van der Waals surface area (Å²) in [5, 5.41) is 8.14. The lowest BCUT2D eigenvalue weighted by atomic mass is 10.2. The monoisotopic (exact) mass is 368 g/mol. The topological polar surface area (TPSA) is 54.6 Å². The van der Waals surface area contributed by atoms with Gasteiger partial charge in [-0.15, -0.1) is 10.2 Å². The molecule has 0 saturated carbocycles. The van der Waals surface area contributed by atoms with Crippen LogP contribution in [0.1, 0.15) is 11.8 Å². The third-order valence-electron chi connectivity index (χ3n) is 4.54. The van der Waals surface area contributed by atoms with Crippen molar-refractivity contribution >= 4 is 5.69 Å². The van der Waals surface area contributed by atoms with Crippen LogP contribution in [-0.4, -0.2) is 41.3 Å². The number of piperazine rings is 1. The molecule has 3 aromatic rings. The molecular weight excluding hydrogens is 347 g/mol. The number of anilines is 1. The minimum Gasteiger partial charge on any atom is -0.484 e. The first-order valence-corrected chi connectivity index (χ1v) is 8.99. The second-order valence-corrected chi connectivity index (χ2v) is 6.41. The first-order chi connectivity index (χ1) is 13.3. The molecule has 0 unspecified atom stereocenters. The molecule has 0 atom stereocenters. The normalized spacial score (nSPS) is 15.1. The van der Waals surface area contributed by atoms with Crippen molar-refractivity contribution in [1.82, 2.24) is 15.1 Å². The lowest BCUT2D eigenvalue weighted by molar-refractivity contribution is 0.213. The SMILES string of the molecule is Fc1ccccc1N1CCN(Cc2nnc(COc3ccccc3)o2)CC1. The highest BCUT2D eigenvalue weighted by Crippen LogP contribution is 2.20. The van der Waals surface area contributed by atoms with E-state index in [9.17, 15) is 4.39 Å². The molecule has 0 N–H and O–H groups in total. The summed E-state index contributed by atoms with van der Waals surface area (Å²) in [4.78, 5) is 4.30. The smallest absolute Gasteiger partial charge is 0.253 e. The number of ether oxygens (including phenoxy) is 1. The molecule has 27 heavy (non-hydrogen) atoms. The third kappa shape index (κ3) is 4.43. The van der Waals surface area contributed by atoms with E-state index in [1.807, 2.05) is 42.5 Å². The average Bonchev–Trinajstić information content (AvgIpc) is 3.16. The van der Waals surface area contributed by atoms with Crippen LogP contribution in [0.4, 0.5) is 10.1 Å². The summed E-state index contributed by atoms with van der Waals surface area (Å²) in [6.45, 7) is 3.98. The quantitative estimate of drug-likeness (QED) is 0.666. The second-order valence-electron chi connectivity index (χ2n) is 6.41. The van der Waals surface area contributed by atoms with Gasteiger partial charge in [-0.2, -0.15) is 0 Å². The minimum absolute atomic E-state index is 0.175. The van der Waals surface area contributed by atoms with E-state index >= 15 is 0 Å². The number of para-hydroxylation sites is 2. The van der Waals surface area contributed by atoms with Crippen molar-refractivity contribution in [2.75, 3.05) is 31.1 Å². The molecule has 1 fully saturated rings. The summed E-state index contributed by atoms with van der Waals surface area (Å²) in [5.41, 5.74) is 0.662. The van der Waals surface area contributed by atoms with E-state index in [-0.39, 0.29) is 12.4 Å². The number of benzene rings is 2. The fourth-order valence-corrected chi connectivity index (χ4v) is 3.12. The maximum Gasteiger partial charge on any atom is 0.253 e. The van der Waals surface area contributed by atoms with Crippen molar-refractivity contribution in [3.63, 3.8) is 0 Å². The molecule has 1 aromatic heterocycles. The highest BCUT2D eigenvalue weighted by molar-refractivity contribution is 5.47. The molecule has 0 radical (unpaired) electrons. The number of nitrogens with zero attached hydrogens (tertiary/aromatic N) is 4. The van der Waals surface area contributed by atoms with Crippen LogP contribution in [0.3, 0.4) is 0 Å². The van der Waals surface area contributed by atoms with Gasteiger partial charge in [0.15, 0.2) is 6.61 Å². The lowest BCUT2D eigenvalue weighted by Crippen LogP contribution is -2.46. The molecule has 6 nitrogen and oxygen atoms in total. The third-order valence-corrected chi connectivity index (χ3v) is 4.54. The van der Waals surface area contributed by atoms with Gasteiger partial charge in [-0.1, -0.05) is 30.3 Å². The number of aromatic nitrogens is 2. The molecule has 1 saturated heterocycles. The molecule has 0 bridgehead atoms. The van der Waals surface area contributed by atoms with Crippen molar-refractivity contribution in [3.05, 3.63) is 72.2 Å². The Balaban J connectivity index is 1.27. The molecule has 1 aliphatic heterocycles. The fraction of sp³-hybridized carbons (Fsp3) is 0.300. The maximum absolute atomic E-state index is 13.9. The molecule has 2 heterocycles. The van der Waals surface area contributed by atoms with Gasteiger partial charge in [0, 0.05) is 26.2 Å². The van der Waals surface area contributed by atoms with Crippen LogP contribution < -0.4 is 9.64 Å². The Bertz CT molecular complexity index is 863. The van der Waals surface area contributed by atoms with Gasteiger partial charge >= 0.3 is 0 Å². The molecule has 0 aliphatic carbocycles. The molecular formula is C20H21FN4O2. The molecule has 140 valence electrons. The van der Waals surface area contributed by atoms with Gasteiger partial charge in [0.05, 0.1) is 12.2 Å². The Hall–Kier alpha value is -2.93. The predicted octanol–water partition coefficient (Wildman–Crippen LogP) is 3.11. The zero-order chi connectivity index (χ0) is 18.5. The van der Waals surface area contributed by atoms with Gasteiger partial charge in [0.1, 0.15) is 11.6 Å². The summed E-state index contributed by atoms with van der Waals surface area (Å²) >= 11 is 0. The van der Waals surface area contributed by atoms with Crippen LogP contribution in [0.2, 0.25) is 0 Å². The predicted molar refractivity (Wildman–Crippen MR) is 99.0 cm³/mol. The maximum atomic E-state index is 13.9. The number of hydrogen-bond donors (Lipinski definition) is 0. The molecule has 1 aliphatic rings. The van der Waals surface area contributed by atoms with E-state index in [4.69, 9.17) is 9.15 Å². The first kappa shape index (κ1) is 17.5. The Kier molecular flexibility index (Phi) is 5.29. The van der Waals surface area contributed by atoms with Crippen LogP contribution in [0.5, 0.6) is 5.75 Å². The van der Waals surface area contributed by atoms with E-state index in [0.29, 0.717) is 24.0 Å². The fourth-order valence-electron chi connectivity index (χ4n) is 3.12. The minimum atomic E-state index is -0.175. The van der Waals surface area contributed by atoms with Crippen molar-refractivity contribution in [2.45, 2.75) is 13.2 Å². The zero-order valence-corrected chi connectivity index (χ0v) is 14.9. The van der Waals surface area contributed by atoms with Gasteiger partial charge in [-0.3, -0.25) is 4.90 Å². The van der Waals surface area contributed by atoms with Gasteiger partial charge in [0.2, 0.25) is 5.89 Å². The van der Waals surface area contributed by atoms with Crippen molar-refractivity contribution in [2.24, 2.45) is 0 Å². The van der Waals surface area contributed by atoms with E-state index in [1.54, 1.807) is 6.07 Å². The van der Waals surface area contributed by atoms with Crippen LogP contribution in [-0.2, 0) is 13.2 Å². The van der Waals surface area contributed by atoms with E-state index in [1.165, 1.54) is 6.07 Å². The van der Waals surface area contributed by atoms with Crippen molar-refractivity contribution < 1.29 is 13.5 Å². The number of hydrogen-bond acceptors (Lipinski definition) is 6. The van der Waals surface area contributed by atoms with Gasteiger partial charge in [-0.25, -0.2) is 4.39 Å². The second kappa shape index (κ2) is 8.18. The highest BCUT2D eigenvalue weighted by Gasteiger charge is 2.21. The van der Waals surface area contributed by atoms with Gasteiger partial charge < -0.3 is 14.1 Å². The summed E-state index contributed by atoms with van der Waals surface area (Å²) in [6, 6.07) is 16.4. The van der Waals surface area contributed by atoms with Crippen LogP contribution in [0.15, 0.2) is 59.0 Å². The molecule has 2 aromatic carbocycles. The van der Waals surface area contributed by atoms with Crippen molar-refractivity contribution in [3.8, 4) is 5.75 Å². The Morgan fingerprint density at radius 2 is 1.59 bits per heavy atom. The number of halogens is 1. The highest BCUT2D eigenvalue weighted by atomic mass is 19.1. The first-order valence-electron chi connectivity index (χ1n) is 8.99. The summed E-state index contributed by atoms with van der Waals surface area (Å²) in [6.07, 6.45) is 0. The van der Waals surface area contributed by atoms with Gasteiger partial charge in [-0.05, 0) is 24.3 Å². The largest absolute Gasteiger partial charge is 0.484 e. The Morgan fingerprint density at radius 3 is 2.37 bits per heavy atom. The van der Waals surface area contributed by atoms with E-state index < -0.39 is 0 Å².